The molecule has 3 aromatic rings. The molecule has 0 aliphatic carbocycles. The van der Waals surface area contributed by atoms with Crippen LogP contribution in [-0.4, -0.2) is 52.0 Å². The molecule has 8 heteroatoms. The number of carbonyl (C=O) groups excluding carboxylic acids is 1. The Morgan fingerprint density at radius 2 is 1.86 bits per heavy atom. The maximum atomic E-state index is 13.0. The SMILES string of the molecule is O=C(Cc1ccc(F)cc1)N1CCN(Cc2noc(-c3cccc(Cl)c3)n2)CC1. The van der Waals surface area contributed by atoms with Gasteiger partial charge in [0.15, 0.2) is 5.82 Å². The Balaban J connectivity index is 1.29. The standard InChI is InChI=1S/C21H20ClFN4O2/c22-17-3-1-2-16(13-17)21-24-19(25-29-21)14-26-8-10-27(11-9-26)20(28)12-15-4-6-18(23)7-5-15/h1-7,13H,8-12,14H2. The van der Waals surface area contributed by atoms with Crippen LogP contribution >= 0.6 is 11.6 Å². The highest BCUT2D eigenvalue weighted by molar-refractivity contribution is 6.30. The minimum atomic E-state index is -0.296. The molecular weight excluding hydrogens is 395 g/mol. The summed E-state index contributed by atoms with van der Waals surface area (Å²) in [5, 5.41) is 4.67. The largest absolute Gasteiger partial charge is 0.340 e. The summed E-state index contributed by atoms with van der Waals surface area (Å²) < 4.78 is 18.3. The normalized spacial score (nSPS) is 14.9. The minimum absolute atomic E-state index is 0.0547. The molecular formula is C21H20ClFN4O2. The van der Waals surface area contributed by atoms with Crippen LogP contribution in [0, 0.1) is 5.82 Å². The number of aromatic nitrogens is 2. The van der Waals surface area contributed by atoms with Gasteiger partial charge in [0.2, 0.25) is 5.91 Å². The molecule has 1 fully saturated rings. The third-order valence-corrected chi connectivity index (χ3v) is 5.13. The summed E-state index contributed by atoms with van der Waals surface area (Å²) in [5.41, 5.74) is 1.60. The highest BCUT2D eigenvalue weighted by Crippen LogP contribution is 2.21. The molecule has 1 amide bonds. The van der Waals surface area contributed by atoms with Gasteiger partial charge in [-0.05, 0) is 35.9 Å². The number of carbonyl (C=O) groups is 1. The van der Waals surface area contributed by atoms with Crippen molar-refractivity contribution in [3.05, 3.63) is 70.8 Å². The van der Waals surface area contributed by atoms with Crippen molar-refractivity contribution >= 4 is 17.5 Å². The second-order valence-electron chi connectivity index (χ2n) is 6.99. The Bertz CT molecular complexity index is 984. The van der Waals surface area contributed by atoms with Gasteiger partial charge in [0.1, 0.15) is 5.82 Å². The van der Waals surface area contributed by atoms with E-state index in [0.29, 0.717) is 36.4 Å². The van der Waals surface area contributed by atoms with Crippen LogP contribution in [0.1, 0.15) is 11.4 Å². The molecule has 4 rings (SSSR count). The van der Waals surface area contributed by atoms with Crippen LogP contribution in [-0.2, 0) is 17.8 Å². The second-order valence-corrected chi connectivity index (χ2v) is 7.42. The molecule has 2 aromatic carbocycles. The van der Waals surface area contributed by atoms with Crippen molar-refractivity contribution in [1.29, 1.82) is 0 Å². The van der Waals surface area contributed by atoms with Crippen molar-refractivity contribution in [2.24, 2.45) is 0 Å². The first-order chi connectivity index (χ1) is 14.1. The van der Waals surface area contributed by atoms with E-state index >= 15 is 0 Å². The summed E-state index contributed by atoms with van der Waals surface area (Å²) in [4.78, 5) is 20.9. The molecule has 2 heterocycles. The second kappa shape index (κ2) is 8.71. The van der Waals surface area contributed by atoms with E-state index in [0.717, 1.165) is 24.2 Å². The Hall–Kier alpha value is -2.77. The Labute approximate surface area is 172 Å². The summed E-state index contributed by atoms with van der Waals surface area (Å²) in [6.45, 7) is 3.30. The van der Waals surface area contributed by atoms with Gasteiger partial charge in [0, 0.05) is 36.8 Å². The van der Waals surface area contributed by atoms with Crippen LogP contribution in [0.25, 0.3) is 11.5 Å². The zero-order valence-corrected chi connectivity index (χ0v) is 16.5. The van der Waals surface area contributed by atoms with E-state index in [1.54, 1.807) is 24.3 Å². The fourth-order valence-electron chi connectivity index (χ4n) is 3.30. The first kappa shape index (κ1) is 19.5. The lowest BCUT2D eigenvalue weighted by Crippen LogP contribution is -2.48. The van der Waals surface area contributed by atoms with Crippen molar-refractivity contribution in [1.82, 2.24) is 19.9 Å². The fourth-order valence-corrected chi connectivity index (χ4v) is 3.49. The van der Waals surface area contributed by atoms with Crippen LogP contribution in [0.4, 0.5) is 4.39 Å². The number of hydrogen-bond donors (Lipinski definition) is 0. The van der Waals surface area contributed by atoms with Crippen LogP contribution < -0.4 is 0 Å². The molecule has 1 saturated heterocycles. The zero-order valence-electron chi connectivity index (χ0n) is 15.7. The molecule has 6 nitrogen and oxygen atoms in total. The van der Waals surface area contributed by atoms with Crippen molar-refractivity contribution in [3.63, 3.8) is 0 Å². The van der Waals surface area contributed by atoms with E-state index in [9.17, 15) is 9.18 Å². The van der Waals surface area contributed by atoms with E-state index in [-0.39, 0.29) is 18.1 Å². The van der Waals surface area contributed by atoms with E-state index < -0.39 is 0 Å². The fraction of sp³-hybridized carbons (Fsp3) is 0.286. The number of nitrogens with zero attached hydrogens (tertiary/aromatic N) is 4. The minimum Gasteiger partial charge on any atom is -0.340 e. The molecule has 1 aliphatic rings. The van der Waals surface area contributed by atoms with Gasteiger partial charge in [-0.15, -0.1) is 0 Å². The monoisotopic (exact) mass is 414 g/mol. The van der Waals surface area contributed by atoms with Gasteiger partial charge in [0.05, 0.1) is 13.0 Å². The first-order valence-electron chi connectivity index (χ1n) is 9.40. The molecule has 0 saturated carbocycles. The molecule has 0 bridgehead atoms. The average molecular weight is 415 g/mol. The van der Waals surface area contributed by atoms with Gasteiger partial charge in [0.25, 0.3) is 5.89 Å². The third-order valence-electron chi connectivity index (χ3n) is 4.90. The maximum Gasteiger partial charge on any atom is 0.258 e. The molecule has 0 N–H and O–H groups in total. The van der Waals surface area contributed by atoms with Gasteiger partial charge < -0.3 is 9.42 Å². The van der Waals surface area contributed by atoms with Crippen LogP contribution in [0.15, 0.2) is 53.1 Å². The Morgan fingerprint density at radius 3 is 2.59 bits per heavy atom. The highest BCUT2D eigenvalue weighted by atomic mass is 35.5. The van der Waals surface area contributed by atoms with Crippen molar-refractivity contribution in [3.8, 4) is 11.5 Å². The molecule has 0 radical (unpaired) electrons. The molecule has 0 atom stereocenters. The van der Waals surface area contributed by atoms with Crippen molar-refractivity contribution < 1.29 is 13.7 Å². The van der Waals surface area contributed by atoms with E-state index in [1.165, 1.54) is 12.1 Å². The predicted molar refractivity (Wildman–Crippen MR) is 107 cm³/mol. The quantitative estimate of drug-likeness (QED) is 0.640. The van der Waals surface area contributed by atoms with E-state index in [1.807, 2.05) is 17.0 Å². The molecule has 1 aliphatic heterocycles. The molecule has 150 valence electrons. The first-order valence-corrected chi connectivity index (χ1v) is 9.78. The number of benzene rings is 2. The summed E-state index contributed by atoms with van der Waals surface area (Å²) in [5.74, 6) is 0.801. The smallest absolute Gasteiger partial charge is 0.258 e. The summed E-state index contributed by atoms with van der Waals surface area (Å²) in [7, 11) is 0. The molecule has 0 spiro atoms. The van der Waals surface area contributed by atoms with Gasteiger partial charge in [-0.3, -0.25) is 9.69 Å². The number of hydrogen-bond acceptors (Lipinski definition) is 5. The Morgan fingerprint density at radius 1 is 1.10 bits per heavy atom. The van der Waals surface area contributed by atoms with Crippen LogP contribution in [0.2, 0.25) is 5.02 Å². The predicted octanol–water partition coefficient (Wildman–Crippen LogP) is 3.42. The summed E-state index contributed by atoms with van der Waals surface area (Å²) >= 11 is 6.01. The number of piperazine rings is 1. The highest BCUT2D eigenvalue weighted by Gasteiger charge is 2.22. The number of halogens is 2. The van der Waals surface area contributed by atoms with Gasteiger partial charge in [-0.1, -0.05) is 35.0 Å². The van der Waals surface area contributed by atoms with Crippen LogP contribution in [0.3, 0.4) is 0 Å². The number of amides is 1. The third kappa shape index (κ3) is 4.99. The van der Waals surface area contributed by atoms with Gasteiger partial charge in [-0.25, -0.2) is 4.39 Å². The molecule has 0 unspecified atom stereocenters. The van der Waals surface area contributed by atoms with E-state index in [4.69, 9.17) is 16.1 Å². The molecule has 1 aromatic heterocycles. The molecule has 29 heavy (non-hydrogen) atoms. The summed E-state index contributed by atoms with van der Waals surface area (Å²) in [6, 6.07) is 13.3. The Kier molecular flexibility index (Phi) is 5.87. The number of rotatable bonds is 5. The maximum absolute atomic E-state index is 13.0. The zero-order chi connectivity index (χ0) is 20.2. The average Bonchev–Trinajstić information content (AvgIpc) is 3.19. The van der Waals surface area contributed by atoms with Crippen molar-refractivity contribution in [2.45, 2.75) is 13.0 Å². The van der Waals surface area contributed by atoms with Crippen molar-refractivity contribution in [2.75, 3.05) is 26.2 Å². The lowest BCUT2D eigenvalue weighted by molar-refractivity contribution is -0.132. The summed E-state index contributed by atoms with van der Waals surface area (Å²) in [6.07, 6.45) is 0.286. The lowest BCUT2D eigenvalue weighted by atomic mass is 10.1. The van der Waals surface area contributed by atoms with E-state index in [2.05, 4.69) is 15.0 Å². The van der Waals surface area contributed by atoms with Gasteiger partial charge >= 0.3 is 0 Å². The topological polar surface area (TPSA) is 62.5 Å². The van der Waals surface area contributed by atoms with Crippen LogP contribution in [0.5, 0.6) is 0 Å². The lowest BCUT2D eigenvalue weighted by Gasteiger charge is -2.34. The van der Waals surface area contributed by atoms with Gasteiger partial charge in [-0.2, -0.15) is 4.98 Å².